The number of benzene rings is 2. The number of ether oxygens (including phenoxy) is 3. The van der Waals surface area contributed by atoms with Crippen molar-refractivity contribution in [1.29, 1.82) is 0 Å². The average Bonchev–Trinajstić information content (AvgIpc) is 2.91. The van der Waals surface area contributed by atoms with E-state index in [1.54, 1.807) is 18.3 Å². The minimum atomic E-state index is -1.37. The lowest BCUT2D eigenvalue weighted by molar-refractivity contribution is -0.156. The molecule has 0 aliphatic carbocycles. The molecule has 2 atom stereocenters. The van der Waals surface area contributed by atoms with E-state index in [0.717, 1.165) is 35.0 Å². The minimum Gasteiger partial charge on any atom is -0.486 e. The van der Waals surface area contributed by atoms with Crippen LogP contribution in [0.25, 0.3) is 0 Å². The van der Waals surface area contributed by atoms with Gasteiger partial charge in [-0.2, -0.15) is 0 Å². The van der Waals surface area contributed by atoms with E-state index in [1.165, 1.54) is 19.2 Å². The van der Waals surface area contributed by atoms with E-state index in [2.05, 4.69) is 16.9 Å². The molecule has 40 heavy (non-hydrogen) atoms. The van der Waals surface area contributed by atoms with Crippen LogP contribution in [0.5, 0.6) is 5.75 Å². The highest BCUT2D eigenvalue weighted by molar-refractivity contribution is 5.96. The van der Waals surface area contributed by atoms with Gasteiger partial charge in [0.25, 0.3) is 5.91 Å². The van der Waals surface area contributed by atoms with Crippen LogP contribution in [0, 0.1) is 18.6 Å². The van der Waals surface area contributed by atoms with Crippen molar-refractivity contribution in [1.82, 2.24) is 10.3 Å². The molecule has 0 saturated heterocycles. The summed E-state index contributed by atoms with van der Waals surface area (Å²) < 4.78 is 42.6. The largest absolute Gasteiger partial charge is 0.486 e. The smallest absolute Gasteiger partial charge is 0.310 e. The highest BCUT2D eigenvalue weighted by atomic mass is 19.1. The molecule has 0 aliphatic heterocycles. The molecule has 10 heteroatoms. The highest BCUT2D eigenvalue weighted by Gasteiger charge is 2.24. The van der Waals surface area contributed by atoms with Crippen LogP contribution < -0.4 is 10.1 Å². The molecule has 0 saturated carbocycles. The van der Waals surface area contributed by atoms with Gasteiger partial charge in [0.2, 0.25) is 0 Å². The minimum absolute atomic E-state index is 0.0744. The number of aliphatic hydroxyl groups excluding tert-OH is 1. The van der Waals surface area contributed by atoms with Crippen molar-refractivity contribution in [3.8, 4) is 5.75 Å². The maximum atomic E-state index is 14.0. The van der Waals surface area contributed by atoms with Gasteiger partial charge < -0.3 is 24.6 Å². The van der Waals surface area contributed by atoms with Crippen LogP contribution in [0.1, 0.15) is 64.7 Å². The molecule has 0 fully saturated rings. The zero-order chi connectivity index (χ0) is 29.2. The van der Waals surface area contributed by atoms with E-state index in [4.69, 9.17) is 14.2 Å². The van der Waals surface area contributed by atoms with E-state index in [-0.39, 0.29) is 30.3 Å². The zero-order valence-electron chi connectivity index (χ0n) is 22.6. The first-order chi connectivity index (χ1) is 19.1. The summed E-state index contributed by atoms with van der Waals surface area (Å²) in [7, 11) is 1.36. The number of halogens is 2. The van der Waals surface area contributed by atoms with E-state index < -0.39 is 42.1 Å². The van der Waals surface area contributed by atoms with Gasteiger partial charge in [0.15, 0.2) is 18.4 Å². The van der Waals surface area contributed by atoms with Gasteiger partial charge >= 0.3 is 5.97 Å². The molecule has 0 aliphatic rings. The second kappa shape index (κ2) is 14.3. The van der Waals surface area contributed by atoms with Crippen LogP contribution in [-0.2, 0) is 20.9 Å². The van der Waals surface area contributed by atoms with Crippen LogP contribution >= 0.6 is 0 Å². The fraction of sp³-hybridized carbons (Fsp3) is 0.300. The summed E-state index contributed by atoms with van der Waals surface area (Å²) in [6, 6.07) is 10.6. The summed E-state index contributed by atoms with van der Waals surface area (Å²) >= 11 is 0. The second-order valence-corrected chi connectivity index (χ2v) is 9.35. The molecule has 1 heterocycles. The molecular weight excluding hydrogens is 522 g/mol. The molecule has 0 bridgehead atoms. The number of aliphatic hydroxyl groups is 1. The number of nitrogens with one attached hydrogen (secondary N) is 1. The topological polar surface area (TPSA) is 107 Å². The summed E-state index contributed by atoms with van der Waals surface area (Å²) in [6.45, 7) is 7.18. The van der Waals surface area contributed by atoms with Crippen molar-refractivity contribution in [2.75, 3.05) is 13.9 Å². The lowest BCUT2D eigenvalue weighted by Gasteiger charge is -2.22. The molecule has 1 unspecified atom stereocenters. The van der Waals surface area contributed by atoms with E-state index in [1.807, 2.05) is 19.9 Å². The maximum absolute atomic E-state index is 14.0. The fourth-order valence-corrected chi connectivity index (χ4v) is 4.00. The number of hydrogen-bond acceptors (Lipinski definition) is 7. The van der Waals surface area contributed by atoms with Gasteiger partial charge in [0, 0.05) is 30.6 Å². The van der Waals surface area contributed by atoms with Crippen molar-refractivity contribution in [2.24, 2.45) is 0 Å². The normalized spacial score (nSPS) is 12.3. The fourth-order valence-electron chi connectivity index (χ4n) is 4.00. The molecule has 2 aromatic carbocycles. The Hall–Kier alpha value is -4.15. The Morgan fingerprint density at radius 3 is 2.58 bits per heavy atom. The first-order valence-corrected chi connectivity index (χ1v) is 12.5. The van der Waals surface area contributed by atoms with Crippen molar-refractivity contribution in [2.45, 2.75) is 45.4 Å². The number of aryl methyl sites for hydroxylation is 1. The molecular formula is C30H32F2N2O6. The van der Waals surface area contributed by atoms with Crippen LogP contribution in [0.3, 0.4) is 0 Å². The maximum Gasteiger partial charge on any atom is 0.310 e. The first kappa shape index (κ1) is 30.4. The van der Waals surface area contributed by atoms with Crippen molar-refractivity contribution in [3.63, 3.8) is 0 Å². The second-order valence-electron chi connectivity index (χ2n) is 9.35. The third-order valence-corrected chi connectivity index (χ3v) is 5.89. The summed E-state index contributed by atoms with van der Waals surface area (Å²) in [6.07, 6.45) is 0.292. The third-order valence-electron chi connectivity index (χ3n) is 5.89. The lowest BCUT2D eigenvalue weighted by Crippen LogP contribution is -2.30. The predicted octanol–water partition coefficient (Wildman–Crippen LogP) is 5.26. The number of nitrogens with zero attached hydrogens (tertiary/aromatic N) is 1. The number of carbonyl (C=O) groups excluding carboxylic acids is 2. The van der Waals surface area contributed by atoms with Crippen molar-refractivity contribution in [3.05, 3.63) is 106 Å². The van der Waals surface area contributed by atoms with Crippen LogP contribution in [0.4, 0.5) is 8.78 Å². The number of hydrogen-bond donors (Lipinski definition) is 2. The molecule has 212 valence electrons. The van der Waals surface area contributed by atoms with Gasteiger partial charge in [-0.1, -0.05) is 17.7 Å². The molecule has 1 amide bonds. The van der Waals surface area contributed by atoms with Gasteiger partial charge in [0.1, 0.15) is 12.4 Å². The SMILES string of the molecule is C=C(C)C[C@@H](NC(=O)c1cc(COc2cc(F)ccc2F)ccc1C(O)CC(=O)OCOC)c1ccnc(C)c1. The Labute approximate surface area is 231 Å². The lowest BCUT2D eigenvalue weighted by atomic mass is 9.95. The van der Waals surface area contributed by atoms with E-state index in [0.29, 0.717) is 12.0 Å². The number of aromatic nitrogens is 1. The monoisotopic (exact) mass is 554 g/mol. The Kier molecular flexibility index (Phi) is 10.9. The quantitative estimate of drug-likeness (QED) is 0.169. The van der Waals surface area contributed by atoms with Gasteiger partial charge in [-0.3, -0.25) is 14.6 Å². The van der Waals surface area contributed by atoms with Crippen molar-refractivity contribution >= 4 is 11.9 Å². The Bertz CT molecular complexity index is 1360. The van der Waals surface area contributed by atoms with E-state index in [9.17, 15) is 23.5 Å². The van der Waals surface area contributed by atoms with Crippen molar-refractivity contribution < 1.29 is 37.7 Å². The molecule has 2 N–H and O–H groups in total. The molecule has 0 radical (unpaired) electrons. The summed E-state index contributed by atoms with van der Waals surface area (Å²) in [4.78, 5) is 30.0. The molecule has 0 spiro atoms. The zero-order valence-corrected chi connectivity index (χ0v) is 22.6. The third kappa shape index (κ3) is 8.69. The predicted molar refractivity (Wildman–Crippen MR) is 143 cm³/mol. The number of rotatable bonds is 13. The Morgan fingerprint density at radius 2 is 1.88 bits per heavy atom. The summed E-state index contributed by atoms with van der Waals surface area (Å²) in [5.74, 6) is -2.94. The molecule has 3 rings (SSSR count). The van der Waals surface area contributed by atoms with Crippen LogP contribution in [-0.4, -0.2) is 35.9 Å². The van der Waals surface area contributed by atoms with Crippen LogP contribution in [0.2, 0.25) is 0 Å². The number of amides is 1. The summed E-state index contributed by atoms with van der Waals surface area (Å²) in [5.41, 5.74) is 3.11. The molecule has 3 aromatic rings. The van der Waals surface area contributed by atoms with Gasteiger partial charge in [-0.05, 0) is 67.3 Å². The van der Waals surface area contributed by atoms with Gasteiger partial charge in [-0.25, -0.2) is 8.78 Å². The van der Waals surface area contributed by atoms with Crippen LogP contribution in [0.15, 0.2) is 66.9 Å². The number of esters is 1. The average molecular weight is 555 g/mol. The van der Waals surface area contributed by atoms with E-state index >= 15 is 0 Å². The highest BCUT2D eigenvalue weighted by Crippen LogP contribution is 2.27. The van der Waals surface area contributed by atoms with Gasteiger partial charge in [0.05, 0.1) is 18.6 Å². The van der Waals surface area contributed by atoms with Gasteiger partial charge in [-0.15, -0.1) is 6.58 Å². The molecule has 8 nitrogen and oxygen atoms in total. The Balaban J connectivity index is 1.93. The number of pyridine rings is 1. The standard InChI is InChI=1S/C30H32F2N2O6/c1-18(2)11-26(21-9-10-33-19(3)12-21)34-30(37)24-13-20(16-39-28-14-22(31)6-8-25(28)32)5-7-23(24)27(35)15-29(36)40-17-38-4/h5-10,12-14,26-27,35H,1,11,15-17H2,2-4H3,(H,34,37)/t26-,27?/m1/s1. The molecule has 1 aromatic heterocycles. The number of carbonyl (C=O) groups is 2. The summed E-state index contributed by atoms with van der Waals surface area (Å²) in [5, 5.41) is 13.8. The number of methoxy groups -OCH3 is 1. The first-order valence-electron chi connectivity index (χ1n) is 12.5. The Morgan fingerprint density at radius 1 is 1.10 bits per heavy atom.